The summed E-state index contributed by atoms with van der Waals surface area (Å²) in [5.41, 5.74) is -1.14. The van der Waals surface area contributed by atoms with Gasteiger partial charge >= 0.3 is 11.9 Å². The fourth-order valence-corrected chi connectivity index (χ4v) is 1.86. The van der Waals surface area contributed by atoms with Crippen molar-refractivity contribution in [2.24, 2.45) is 0 Å². The number of carbonyl (C=O) groups excluding carboxylic acids is 2. The zero-order valence-electron chi connectivity index (χ0n) is 14.7. The molecule has 0 amide bonds. The smallest absolute Gasteiger partial charge is 0.418 e. The van der Waals surface area contributed by atoms with Gasteiger partial charge in [0.25, 0.3) is 0 Å². The van der Waals surface area contributed by atoms with Crippen molar-refractivity contribution in [2.45, 2.75) is 45.8 Å². The number of esters is 2. The summed E-state index contributed by atoms with van der Waals surface area (Å²) < 4.78 is 20.7. The summed E-state index contributed by atoms with van der Waals surface area (Å²) in [5, 5.41) is 0. The van der Waals surface area contributed by atoms with E-state index in [1.165, 1.54) is 14.2 Å². The third-order valence-corrected chi connectivity index (χ3v) is 2.99. The highest BCUT2D eigenvalue weighted by atomic mass is 16.6. The Hall–Kier alpha value is -2.24. The minimum absolute atomic E-state index is 0.506. The molecule has 6 heteroatoms. The summed E-state index contributed by atoms with van der Waals surface area (Å²) in [6.45, 7) is 8.39. The molecule has 0 saturated carbocycles. The first-order valence-corrected chi connectivity index (χ1v) is 7.19. The molecule has 1 aromatic rings. The van der Waals surface area contributed by atoms with Gasteiger partial charge in [0.1, 0.15) is 11.2 Å². The molecule has 0 N–H and O–H groups in total. The molecule has 1 rings (SSSR count). The molecular weight excluding hydrogens is 300 g/mol. The molecule has 0 radical (unpaired) electrons. The highest BCUT2D eigenvalue weighted by Crippen LogP contribution is 2.34. The van der Waals surface area contributed by atoms with Crippen molar-refractivity contribution in [2.75, 3.05) is 14.2 Å². The molecule has 0 atom stereocenters. The van der Waals surface area contributed by atoms with E-state index in [0.717, 1.165) is 0 Å². The second-order valence-electron chi connectivity index (χ2n) is 6.47. The Kier molecular flexibility index (Phi) is 5.64. The van der Waals surface area contributed by atoms with E-state index >= 15 is 0 Å². The van der Waals surface area contributed by atoms with Crippen molar-refractivity contribution in [3.63, 3.8) is 0 Å². The van der Waals surface area contributed by atoms with Crippen LogP contribution < -0.4 is 9.47 Å². The molecule has 0 heterocycles. The Bertz CT molecular complexity index is 583. The second-order valence-corrected chi connectivity index (χ2v) is 6.47. The number of hydrogen-bond donors (Lipinski definition) is 0. The van der Waals surface area contributed by atoms with Crippen LogP contribution in [0.25, 0.3) is 0 Å². The Labute approximate surface area is 136 Å². The second kappa shape index (κ2) is 6.89. The van der Waals surface area contributed by atoms with E-state index in [-0.39, 0.29) is 0 Å². The van der Waals surface area contributed by atoms with Crippen LogP contribution in [0.2, 0.25) is 0 Å². The molecule has 0 bridgehead atoms. The largest absolute Gasteiger partial charge is 0.493 e. The molecule has 128 valence electrons. The maximum absolute atomic E-state index is 11.9. The quantitative estimate of drug-likeness (QED) is 0.626. The molecule has 0 saturated heterocycles. The summed E-state index contributed by atoms with van der Waals surface area (Å²) in [6, 6.07) is 5.14. The van der Waals surface area contributed by atoms with Crippen molar-refractivity contribution in [1.82, 2.24) is 0 Å². The summed E-state index contributed by atoms with van der Waals surface area (Å²) in [4.78, 5) is 23.7. The first kappa shape index (κ1) is 18.8. The number of carbonyl (C=O) groups is 2. The van der Waals surface area contributed by atoms with Gasteiger partial charge in [-0.2, -0.15) is 0 Å². The lowest BCUT2D eigenvalue weighted by Crippen LogP contribution is -2.34. The molecule has 23 heavy (non-hydrogen) atoms. The summed E-state index contributed by atoms with van der Waals surface area (Å²) >= 11 is 0. The van der Waals surface area contributed by atoms with Gasteiger partial charge in [0.15, 0.2) is 11.5 Å². The average molecular weight is 324 g/mol. The van der Waals surface area contributed by atoms with Crippen LogP contribution in [0.1, 0.15) is 40.2 Å². The first-order chi connectivity index (χ1) is 10.5. The van der Waals surface area contributed by atoms with Crippen LogP contribution in [0.5, 0.6) is 11.5 Å². The molecule has 0 aromatic heterocycles. The van der Waals surface area contributed by atoms with Gasteiger partial charge in [-0.3, -0.25) is 0 Å². The van der Waals surface area contributed by atoms with Gasteiger partial charge < -0.3 is 18.9 Å². The molecule has 0 aliphatic carbocycles. The zero-order valence-corrected chi connectivity index (χ0v) is 14.7. The van der Waals surface area contributed by atoms with E-state index in [0.29, 0.717) is 17.1 Å². The lowest BCUT2D eigenvalue weighted by Gasteiger charge is -2.27. The zero-order chi connectivity index (χ0) is 17.8. The van der Waals surface area contributed by atoms with Gasteiger partial charge in [0.2, 0.25) is 0 Å². The van der Waals surface area contributed by atoms with Gasteiger partial charge in [0.05, 0.1) is 14.2 Å². The van der Waals surface area contributed by atoms with Gasteiger partial charge in [-0.1, -0.05) is 6.07 Å². The van der Waals surface area contributed by atoms with Gasteiger partial charge in [-0.15, -0.1) is 0 Å². The lowest BCUT2D eigenvalue weighted by atomic mass is 9.97. The van der Waals surface area contributed by atoms with E-state index in [9.17, 15) is 9.59 Å². The molecule has 0 spiro atoms. The first-order valence-electron chi connectivity index (χ1n) is 7.19. The maximum atomic E-state index is 11.9. The SMILES string of the molecule is COc1ccc(C(C)(C)OC(=O)C(=O)OC(C)(C)C)cc1OC. The maximum Gasteiger partial charge on any atom is 0.418 e. The monoisotopic (exact) mass is 324 g/mol. The predicted molar refractivity (Wildman–Crippen MR) is 84.5 cm³/mol. The van der Waals surface area contributed by atoms with Crippen LogP contribution >= 0.6 is 0 Å². The lowest BCUT2D eigenvalue weighted by molar-refractivity contribution is -0.182. The van der Waals surface area contributed by atoms with Crippen molar-refractivity contribution >= 4 is 11.9 Å². The Morgan fingerprint density at radius 1 is 0.826 bits per heavy atom. The van der Waals surface area contributed by atoms with E-state index < -0.39 is 23.1 Å². The third kappa shape index (κ3) is 5.16. The Morgan fingerprint density at radius 2 is 1.35 bits per heavy atom. The minimum Gasteiger partial charge on any atom is -0.493 e. The molecule has 0 fully saturated rings. The van der Waals surface area contributed by atoms with Crippen LogP contribution in [0.4, 0.5) is 0 Å². The fraction of sp³-hybridized carbons (Fsp3) is 0.529. The van der Waals surface area contributed by atoms with E-state index in [1.807, 2.05) is 0 Å². The molecule has 0 unspecified atom stereocenters. The average Bonchev–Trinajstić information content (AvgIpc) is 2.44. The van der Waals surface area contributed by atoms with Crippen molar-refractivity contribution in [3.05, 3.63) is 23.8 Å². The standard InChI is InChI=1S/C17H24O6/c1-16(2,3)22-14(18)15(19)23-17(4,5)11-8-9-12(20-6)13(10-11)21-7/h8-10H,1-7H3. The number of ether oxygens (including phenoxy) is 4. The summed E-state index contributed by atoms with van der Waals surface area (Å²) in [5.74, 6) is -0.998. The minimum atomic E-state index is -1.04. The number of hydrogen-bond acceptors (Lipinski definition) is 6. The van der Waals surface area contributed by atoms with Crippen LogP contribution in [0.15, 0.2) is 18.2 Å². The van der Waals surface area contributed by atoms with Crippen LogP contribution in [-0.4, -0.2) is 31.8 Å². The third-order valence-electron chi connectivity index (χ3n) is 2.99. The Morgan fingerprint density at radius 3 is 1.83 bits per heavy atom. The van der Waals surface area contributed by atoms with Gasteiger partial charge in [-0.25, -0.2) is 9.59 Å². The van der Waals surface area contributed by atoms with Crippen molar-refractivity contribution in [1.29, 1.82) is 0 Å². The highest BCUT2D eigenvalue weighted by molar-refractivity contribution is 6.29. The summed E-state index contributed by atoms with van der Waals surface area (Å²) in [7, 11) is 3.05. The van der Waals surface area contributed by atoms with E-state index in [1.54, 1.807) is 52.8 Å². The molecule has 0 aliphatic rings. The van der Waals surface area contributed by atoms with Crippen LogP contribution in [0, 0.1) is 0 Å². The van der Waals surface area contributed by atoms with Crippen molar-refractivity contribution in [3.8, 4) is 11.5 Å². The molecule has 1 aromatic carbocycles. The number of benzene rings is 1. The fourth-order valence-electron chi connectivity index (χ4n) is 1.86. The van der Waals surface area contributed by atoms with E-state index in [4.69, 9.17) is 18.9 Å². The van der Waals surface area contributed by atoms with E-state index in [2.05, 4.69) is 0 Å². The molecule has 6 nitrogen and oxygen atoms in total. The topological polar surface area (TPSA) is 71.1 Å². The number of rotatable bonds is 4. The number of methoxy groups -OCH3 is 2. The van der Waals surface area contributed by atoms with Gasteiger partial charge in [0, 0.05) is 0 Å². The molecule has 0 aliphatic heterocycles. The summed E-state index contributed by atoms with van der Waals surface area (Å²) in [6.07, 6.45) is 0. The predicted octanol–water partition coefficient (Wildman–Crippen LogP) is 2.82. The normalized spacial score (nSPS) is 11.6. The van der Waals surface area contributed by atoms with Crippen molar-refractivity contribution < 1.29 is 28.5 Å². The highest BCUT2D eigenvalue weighted by Gasteiger charge is 2.32. The Balaban J connectivity index is 2.94. The molecular formula is C17H24O6. The van der Waals surface area contributed by atoms with Crippen LogP contribution in [-0.2, 0) is 24.7 Å². The van der Waals surface area contributed by atoms with Gasteiger partial charge in [-0.05, 0) is 52.3 Å². The van der Waals surface area contributed by atoms with Crippen LogP contribution in [0.3, 0.4) is 0 Å².